The summed E-state index contributed by atoms with van der Waals surface area (Å²) in [6, 6.07) is 18.5. The summed E-state index contributed by atoms with van der Waals surface area (Å²) in [6.45, 7) is 4.57. The average Bonchev–Trinajstić information content (AvgIpc) is 3.28. The van der Waals surface area contributed by atoms with Gasteiger partial charge in [0.05, 0.1) is 0 Å². The first-order valence-electron chi connectivity index (χ1n) is 9.86. The fourth-order valence-corrected chi connectivity index (χ4v) is 3.27. The van der Waals surface area contributed by atoms with Crippen molar-refractivity contribution in [1.29, 1.82) is 0 Å². The molecule has 2 heterocycles. The highest BCUT2D eigenvalue weighted by molar-refractivity contribution is 5.78. The number of amides is 1. The Morgan fingerprint density at radius 1 is 0.966 bits per heavy atom. The van der Waals surface area contributed by atoms with Crippen LogP contribution in [0.15, 0.2) is 59.0 Å². The number of nitrogens with zero attached hydrogens (tertiary/aromatic N) is 4. The second kappa shape index (κ2) is 8.77. The number of carbonyl (C=O) groups is 1. The van der Waals surface area contributed by atoms with E-state index in [0.29, 0.717) is 43.8 Å². The first-order valence-corrected chi connectivity index (χ1v) is 9.86. The molecule has 2 aromatic carbocycles. The summed E-state index contributed by atoms with van der Waals surface area (Å²) in [6.07, 6.45) is 0.717. The minimum absolute atomic E-state index is 0.0171. The molecule has 150 valence electrons. The fraction of sp³-hybridized carbons (Fsp3) is 0.318. The van der Waals surface area contributed by atoms with E-state index in [1.165, 1.54) is 0 Å². The summed E-state index contributed by atoms with van der Waals surface area (Å²) >= 11 is 0. The van der Waals surface area contributed by atoms with E-state index in [2.05, 4.69) is 22.3 Å². The van der Waals surface area contributed by atoms with Crippen molar-refractivity contribution in [2.75, 3.05) is 37.7 Å². The number of ether oxygens (including phenoxy) is 1. The van der Waals surface area contributed by atoms with Crippen LogP contribution in [-0.2, 0) is 11.2 Å². The summed E-state index contributed by atoms with van der Waals surface area (Å²) in [5.41, 5.74) is 2.27. The predicted octanol–water partition coefficient (Wildman–Crippen LogP) is 3.03. The van der Waals surface area contributed by atoms with Crippen molar-refractivity contribution < 1.29 is 13.9 Å². The van der Waals surface area contributed by atoms with E-state index >= 15 is 0 Å². The summed E-state index contributed by atoms with van der Waals surface area (Å²) in [7, 11) is 0. The molecule has 1 saturated heterocycles. The molecule has 1 fully saturated rings. The van der Waals surface area contributed by atoms with E-state index in [0.717, 1.165) is 17.5 Å². The highest BCUT2D eigenvalue weighted by atomic mass is 16.5. The smallest absolute Gasteiger partial charge is 0.318 e. The number of piperazine rings is 1. The van der Waals surface area contributed by atoms with E-state index in [4.69, 9.17) is 9.15 Å². The topological polar surface area (TPSA) is 71.7 Å². The van der Waals surface area contributed by atoms with Crippen molar-refractivity contribution in [1.82, 2.24) is 15.1 Å². The Morgan fingerprint density at radius 2 is 1.66 bits per heavy atom. The summed E-state index contributed by atoms with van der Waals surface area (Å²) in [5.74, 6) is 1.30. The lowest BCUT2D eigenvalue weighted by Crippen LogP contribution is -2.50. The average molecular weight is 392 g/mol. The Balaban J connectivity index is 1.26. The van der Waals surface area contributed by atoms with Crippen molar-refractivity contribution in [3.63, 3.8) is 0 Å². The predicted molar refractivity (Wildman–Crippen MR) is 110 cm³/mol. The second-order valence-electron chi connectivity index (χ2n) is 6.88. The van der Waals surface area contributed by atoms with Crippen molar-refractivity contribution in [3.8, 4) is 16.9 Å². The SMILES string of the molecule is CCc1nnc(N2CCN(C(=O)COc3ccc(-c4ccccc4)cc3)CC2)o1. The third-order valence-corrected chi connectivity index (χ3v) is 4.99. The molecule has 0 radical (unpaired) electrons. The second-order valence-corrected chi connectivity index (χ2v) is 6.88. The molecule has 1 aliphatic heterocycles. The molecule has 1 amide bonds. The van der Waals surface area contributed by atoms with Crippen LogP contribution >= 0.6 is 0 Å². The highest BCUT2D eigenvalue weighted by Crippen LogP contribution is 2.22. The molecule has 0 N–H and O–H groups in total. The van der Waals surface area contributed by atoms with Gasteiger partial charge in [-0.1, -0.05) is 54.5 Å². The number of aryl methyl sites for hydroxylation is 1. The zero-order valence-electron chi connectivity index (χ0n) is 16.5. The van der Waals surface area contributed by atoms with E-state index in [1.807, 2.05) is 59.2 Å². The van der Waals surface area contributed by atoms with Gasteiger partial charge in [-0.15, -0.1) is 5.10 Å². The Hall–Kier alpha value is -3.35. The quantitative estimate of drug-likeness (QED) is 0.642. The third-order valence-electron chi connectivity index (χ3n) is 4.99. The van der Waals surface area contributed by atoms with Crippen LogP contribution < -0.4 is 9.64 Å². The van der Waals surface area contributed by atoms with Crippen LogP contribution in [0, 0.1) is 0 Å². The van der Waals surface area contributed by atoms with E-state index in [9.17, 15) is 4.79 Å². The van der Waals surface area contributed by atoms with Gasteiger partial charge in [-0.25, -0.2) is 0 Å². The molecule has 0 aliphatic carbocycles. The van der Waals surface area contributed by atoms with Gasteiger partial charge >= 0.3 is 6.01 Å². The summed E-state index contributed by atoms with van der Waals surface area (Å²) in [5, 5.41) is 8.06. The molecule has 0 atom stereocenters. The first-order chi connectivity index (χ1) is 14.2. The Bertz CT molecular complexity index is 932. The Labute approximate surface area is 169 Å². The van der Waals surface area contributed by atoms with E-state index < -0.39 is 0 Å². The Morgan fingerprint density at radius 3 is 2.31 bits per heavy atom. The molecule has 7 nitrogen and oxygen atoms in total. The van der Waals surface area contributed by atoms with Crippen molar-refractivity contribution in [2.45, 2.75) is 13.3 Å². The number of aromatic nitrogens is 2. The monoisotopic (exact) mass is 392 g/mol. The zero-order chi connectivity index (χ0) is 20.1. The lowest BCUT2D eigenvalue weighted by Gasteiger charge is -2.33. The first kappa shape index (κ1) is 19.0. The maximum absolute atomic E-state index is 12.5. The van der Waals surface area contributed by atoms with Gasteiger partial charge in [0.1, 0.15) is 5.75 Å². The number of hydrogen-bond acceptors (Lipinski definition) is 6. The lowest BCUT2D eigenvalue weighted by atomic mass is 10.1. The van der Waals surface area contributed by atoms with Crippen LogP contribution in [0.25, 0.3) is 11.1 Å². The molecular formula is C22H24N4O3. The molecule has 1 aromatic heterocycles. The number of anilines is 1. The number of hydrogen-bond donors (Lipinski definition) is 0. The van der Waals surface area contributed by atoms with Gasteiger partial charge in [0.15, 0.2) is 6.61 Å². The molecule has 0 spiro atoms. The van der Waals surface area contributed by atoms with Crippen LogP contribution in [-0.4, -0.2) is 53.8 Å². The van der Waals surface area contributed by atoms with Crippen molar-refractivity contribution in [3.05, 3.63) is 60.5 Å². The van der Waals surface area contributed by atoms with Crippen LogP contribution in [0.4, 0.5) is 6.01 Å². The maximum atomic E-state index is 12.5. The van der Waals surface area contributed by atoms with Gasteiger partial charge in [-0.2, -0.15) is 0 Å². The molecule has 7 heteroatoms. The molecule has 1 aliphatic rings. The van der Waals surface area contributed by atoms with Gasteiger partial charge < -0.3 is 19.0 Å². The van der Waals surface area contributed by atoms with Crippen LogP contribution in [0.2, 0.25) is 0 Å². The standard InChI is InChI=1S/C22H24N4O3/c1-2-20-23-24-22(29-20)26-14-12-25(13-15-26)21(27)16-28-19-10-8-18(9-11-19)17-6-4-3-5-7-17/h3-11H,2,12-16H2,1H3. The van der Waals surface area contributed by atoms with Crippen LogP contribution in [0.3, 0.4) is 0 Å². The molecule has 0 saturated carbocycles. The minimum atomic E-state index is -0.0171. The van der Waals surface area contributed by atoms with E-state index in [1.54, 1.807) is 0 Å². The highest BCUT2D eigenvalue weighted by Gasteiger charge is 2.24. The van der Waals surface area contributed by atoms with Crippen molar-refractivity contribution in [2.24, 2.45) is 0 Å². The zero-order valence-corrected chi connectivity index (χ0v) is 16.5. The number of carbonyl (C=O) groups excluding carboxylic acids is 1. The fourth-order valence-electron chi connectivity index (χ4n) is 3.27. The van der Waals surface area contributed by atoms with Crippen LogP contribution in [0.1, 0.15) is 12.8 Å². The summed E-state index contributed by atoms with van der Waals surface area (Å²) < 4.78 is 11.3. The maximum Gasteiger partial charge on any atom is 0.318 e. The number of rotatable bonds is 6. The van der Waals surface area contributed by atoms with Gasteiger partial charge in [-0.05, 0) is 23.3 Å². The van der Waals surface area contributed by atoms with Gasteiger partial charge in [-0.3, -0.25) is 4.79 Å². The molecular weight excluding hydrogens is 368 g/mol. The van der Waals surface area contributed by atoms with E-state index in [-0.39, 0.29) is 12.5 Å². The lowest BCUT2D eigenvalue weighted by molar-refractivity contribution is -0.133. The van der Waals surface area contributed by atoms with Gasteiger partial charge in [0, 0.05) is 32.6 Å². The molecule has 3 aromatic rings. The van der Waals surface area contributed by atoms with Gasteiger partial charge in [0.2, 0.25) is 5.89 Å². The normalized spacial score (nSPS) is 14.1. The van der Waals surface area contributed by atoms with Crippen LogP contribution in [0.5, 0.6) is 5.75 Å². The molecule has 0 unspecified atom stereocenters. The molecule has 0 bridgehead atoms. The minimum Gasteiger partial charge on any atom is -0.484 e. The largest absolute Gasteiger partial charge is 0.484 e. The third kappa shape index (κ3) is 4.56. The summed E-state index contributed by atoms with van der Waals surface area (Å²) in [4.78, 5) is 16.3. The Kier molecular flexibility index (Phi) is 5.74. The number of benzene rings is 2. The molecule has 4 rings (SSSR count). The molecule has 29 heavy (non-hydrogen) atoms. The van der Waals surface area contributed by atoms with Gasteiger partial charge in [0.25, 0.3) is 5.91 Å². The van der Waals surface area contributed by atoms with Crippen molar-refractivity contribution >= 4 is 11.9 Å².